The molecule has 1 aromatic heterocycles. The van der Waals surface area contributed by atoms with Crippen LogP contribution in [0.4, 0.5) is 5.82 Å². The Balaban J connectivity index is 2.47. The number of aromatic amines is 1. The second kappa shape index (κ2) is 3.46. The van der Waals surface area contributed by atoms with Gasteiger partial charge in [-0.2, -0.15) is 0 Å². The van der Waals surface area contributed by atoms with Crippen LogP contribution in [-0.4, -0.2) is 12.1 Å². The summed E-state index contributed by atoms with van der Waals surface area (Å²) in [7, 11) is 1.65. The van der Waals surface area contributed by atoms with Crippen LogP contribution in [0.25, 0.3) is 11.1 Å². The standard InChI is InChI=1S/C11H12N2O/c1-14-9-4-2-3-8(7-9)10-5-6-13-11(10)12/h2-7,13H,12H2,1H3. The van der Waals surface area contributed by atoms with Crippen LogP contribution in [0, 0.1) is 0 Å². The van der Waals surface area contributed by atoms with E-state index in [9.17, 15) is 0 Å². The smallest absolute Gasteiger partial charge is 0.119 e. The van der Waals surface area contributed by atoms with Gasteiger partial charge in [-0.1, -0.05) is 12.1 Å². The van der Waals surface area contributed by atoms with E-state index >= 15 is 0 Å². The van der Waals surface area contributed by atoms with Crippen LogP contribution in [0.1, 0.15) is 0 Å². The zero-order chi connectivity index (χ0) is 9.97. The first-order valence-electron chi connectivity index (χ1n) is 4.38. The molecule has 0 saturated heterocycles. The van der Waals surface area contributed by atoms with E-state index in [2.05, 4.69) is 4.98 Å². The number of nitrogens with two attached hydrogens (primary N) is 1. The highest BCUT2D eigenvalue weighted by molar-refractivity contribution is 5.74. The first-order chi connectivity index (χ1) is 6.81. The number of ether oxygens (including phenoxy) is 1. The van der Waals surface area contributed by atoms with E-state index in [0.717, 1.165) is 16.9 Å². The Labute approximate surface area is 82.5 Å². The van der Waals surface area contributed by atoms with Gasteiger partial charge in [0.2, 0.25) is 0 Å². The van der Waals surface area contributed by atoms with Gasteiger partial charge in [-0.3, -0.25) is 0 Å². The summed E-state index contributed by atoms with van der Waals surface area (Å²) in [5.74, 6) is 1.52. The first kappa shape index (κ1) is 8.69. The van der Waals surface area contributed by atoms with Gasteiger partial charge in [0.15, 0.2) is 0 Å². The Morgan fingerprint density at radius 2 is 2.14 bits per heavy atom. The molecule has 72 valence electrons. The molecule has 1 heterocycles. The molecule has 0 spiro atoms. The third-order valence-electron chi connectivity index (χ3n) is 2.16. The summed E-state index contributed by atoms with van der Waals surface area (Å²) in [6.07, 6.45) is 1.82. The van der Waals surface area contributed by atoms with Gasteiger partial charge in [-0.15, -0.1) is 0 Å². The highest BCUT2D eigenvalue weighted by atomic mass is 16.5. The molecule has 0 atom stereocenters. The molecule has 0 aliphatic rings. The molecular formula is C11H12N2O. The molecular weight excluding hydrogens is 176 g/mol. The summed E-state index contributed by atoms with van der Waals surface area (Å²) in [6.45, 7) is 0. The lowest BCUT2D eigenvalue weighted by molar-refractivity contribution is 0.415. The SMILES string of the molecule is COc1cccc(-c2cc[nH]c2N)c1. The first-order valence-corrected chi connectivity index (χ1v) is 4.38. The molecule has 0 bridgehead atoms. The number of hydrogen-bond acceptors (Lipinski definition) is 2. The lowest BCUT2D eigenvalue weighted by Gasteiger charge is -2.03. The average molecular weight is 188 g/mol. The number of methoxy groups -OCH3 is 1. The summed E-state index contributed by atoms with van der Waals surface area (Å²) in [5, 5.41) is 0. The molecule has 14 heavy (non-hydrogen) atoms. The van der Waals surface area contributed by atoms with E-state index in [1.54, 1.807) is 7.11 Å². The number of aromatic nitrogens is 1. The molecule has 3 N–H and O–H groups in total. The minimum Gasteiger partial charge on any atom is -0.497 e. The Hall–Kier alpha value is -1.90. The average Bonchev–Trinajstić information content (AvgIpc) is 2.65. The minimum atomic E-state index is 0.679. The second-order valence-corrected chi connectivity index (χ2v) is 3.04. The molecule has 2 rings (SSSR count). The van der Waals surface area contributed by atoms with Crippen molar-refractivity contribution in [3.63, 3.8) is 0 Å². The van der Waals surface area contributed by atoms with Gasteiger partial charge >= 0.3 is 0 Å². The monoisotopic (exact) mass is 188 g/mol. The molecule has 0 aliphatic heterocycles. The van der Waals surface area contributed by atoms with Crippen LogP contribution in [0.15, 0.2) is 36.5 Å². The van der Waals surface area contributed by atoms with Crippen LogP contribution in [0.5, 0.6) is 5.75 Å². The lowest BCUT2D eigenvalue weighted by Crippen LogP contribution is -1.88. The molecule has 3 nitrogen and oxygen atoms in total. The van der Waals surface area contributed by atoms with Crippen molar-refractivity contribution in [3.8, 4) is 16.9 Å². The van der Waals surface area contributed by atoms with E-state index < -0.39 is 0 Å². The maximum Gasteiger partial charge on any atom is 0.119 e. The van der Waals surface area contributed by atoms with Gasteiger partial charge in [0.1, 0.15) is 11.6 Å². The van der Waals surface area contributed by atoms with E-state index in [0.29, 0.717) is 5.82 Å². The predicted molar refractivity (Wildman–Crippen MR) is 57.2 cm³/mol. The minimum absolute atomic E-state index is 0.679. The summed E-state index contributed by atoms with van der Waals surface area (Å²) in [6, 6.07) is 9.76. The molecule has 0 aliphatic carbocycles. The Kier molecular flexibility index (Phi) is 2.14. The van der Waals surface area contributed by atoms with Gasteiger partial charge < -0.3 is 15.5 Å². The third kappa shape index (κ3) is 1.44. The number of nitrogens with one attached hydrogen (secondary N) is 1. The molecule has 0 unspecified atom stereocenters. The van der Waals surface area contributed by atoms with Crippen LogP contribution >= 0.6 is 0 Å². The van der Waals surface area contributed by atoms with Gasteiger partial charge in [-0.05, 0) is 23.8 Å². The maximum atomic E-state index is 5.77. The molecule has 0 amide bonds. The van der Waals surface area contributed by atoms with Gasteiger partial charge in [0.05, 0.1) is 7.11 Å². The van der Waals surface area contributed by atoms with Crippen molar-refractivity contribution in [2.45, 2.75) is 0 Å². The molecule has 2 aromatic rings. The fraction of sp³-hybridized carbons (Fsp3) is 0.0909. The van der Waals surface area contributed by atoms with Gasteiger partial charge in [0.25, 0.3) is 0 Å². The molecule has 0 saturated carbocycles. The topological polar surface area (TPSA) is 51.0 Å². The summed E-state index contributed by atoms with van der Waals surface area (Å²) in [4.78, 5) is 2.94. The Morgan fingerprint density at radius 1 is 1.29 bits per heavy atom. The number of H-pyrrole nitrogens is 1. The molecule has 1 aromatic carbocycles. The van der Waals surface area contributed by atoms with Crippen molar-refractivity contribution < 1.29 is 4.74 Å². The quantitative estimate of drug-likeness (QED) is 0.759. The summed E-state index contributed by atoms with van der Waals surface area (Å²) >= 11 is 0. The van der Waals surface area contributed by atoms with Crippen molar-refractivity contribution in [1.82, 2.24) is 4.98 Å². The van der Waals surface area contributed by atoms with Crippen LogP contribution in [0.2, 0.25) is 0 Å². The van der Waals surface area contributed by atoms with Crippen molar-refractivity contribution in [3.05, 3.63) is 36.5 Å². The van der Waals surface area contributed by atoms with Crippen molar-refractivity contribution in [2.75, 3.05) is 12.8 Å². The molecule has 0 fully saturated rings. The highest BCUT2D eigenvalue weighted by Crippen LogP contribution is 2.27. The second-order valence-electron chi connectivity index (χ2n) is 3.04. The van der Waals surface area contributed by atoms with Gasteiger partial charge in [-0.25, -0.2) is 0 Å². The molecule has 0 radical (unpaired) electrons. The van der Waals surface area contributed by atoms with Crippen molar-refractivity contribution in [2.24, 2.45) is 0 Å². The largest absolute Gasteiger partial charge is 0.497 e. The summed E-state index contributed by atoms with van der Waals surface area (Å²) < 4.78 is 5.14. The maximum absolute atomic E-state index is 5.77. The number of benzene rings is 1. The Bertz CT molecular complexity index is 434. The fourth-order valence-corrected chi connectivity index (χ4v) is 1.42. The highest BCUT2D eigenvalue weighted by Gasteiger charge is 2.03. The number of hydrogen-bond donors (Lipinski definition) is 2. The van der Waals surface area contributed by atoms with Crippen molar-refractivity contribution in [1.29, 1.82) is 0 Å². The van der Waals surface area contributed by atoms with Crippen LogP contribution < -0.4 is 10.5 Å². The third-order valence-corrected chi connectivity index (χ3v) is 2.16. The van der Waals surface area contributed by atoms with Crippen LogP contribution in [-0.2, 0) is 0 Å². The van der Waals surface area contributed by atoms with E-state index in [1.807, 2.05) is 36.5 Å². The van der Waals surface area contributed by atoms with Crippen LogP contribution in [0.3, 0.4) is 0 Å². The fourth-order valence-electron chi connectivity index (χ4n) is 1.42. The van der Waals surface area contributed by atoms with Crippen molar-refractivity contribution >= 4 is 5.82 Å². The van der Waals surface area contributed by atoms with Gasteiger partial charge in [0, 0.05) is 11.8 Å². The zero-order valence-corrected chi connectivity index (χ0v) is 7.95. The zero-order valence-electron chi connectivity index (χ0n) is 7.95. The number of anilines is 1. The number of nitrogen functional groups attached to an aromatic ring is 1. The van der Waals surface area contributed by atoms with E-state index in [-0.39, 0.29) is 0 Å². The normalized spacial score (nSPS) is 10.1. The van der Waals surface area contributed by atoms with E-state index in [1.165, 1.54) is 0 Å². The summed E-state index contributed by atoms with van der Waals surface area (Å²) in [5.41, 5.74) is 7.83. The van der Waals surface area contributed by atoms with E-state index in [4.69, 9.17) is 10.5 Å². The predicted octanol–water partition coefficient (Wildman–Crippen LogP) is 2.27. The number of rotatable bonds is 2. The lowest BCUT2D eigenvalue weighted by atomic mass is 10.1. The Morgan fingerprint density at radius 3 is 2.79 bits per heavy atom. The molecule has 3 heteroatoms.